The summed E-state index contributed by atoms with van der Waals surface area (Å²) < 4.78 is 14.1. The largest absolute Gasteiger partial charge is 0.457 e. The zero-order valence-corrected chi connectivity index (χ0v) is 27.8. The molecule has 2 aromatic heterocycles. The summed E-state index contributed by atoms with van der Waals surface area (Å²) in [6.07, 6.45) is 7.61. The second kappa shape index (κ2) is 15.0. The predicted molar refractivity (Wildman–Crippen MR) is 186 cm³/mol. The molecule has 0 amide bonds. The van der Waals surface area contributed by atoms with Crippen LogP contribution in [0.15, 0.2) is 122 Å². The van der Waals surface area contributed by atoms with Crippen molar-refractivity contribution >= 4 is 0 Å². The molecule has 8 rings (SSSR count). The molecule has 2 aliphatic heterocycles. The molecule has 0 bridgehead atoms. The van der Waals surface area contributed by atoms with E-state index in [1.54, 1.807) is 11.1 Å². The average Bonchev–Trinajstić information content (AvgIpc) is 3.91. The maximum absolute atomic E-state index is 6.08. The Kier molecular flexibility index (Phi) is 9.52. The Morgan fingerprint density at radius 1 is 0.560 bits per heavy atom. The normalized spacial score (nSPS) is 19.8. The van der Waals surface area contributed by atoms with Gasteiger partial charge in [0, 0.05) is 32.1 Å². The molecule has 12 heteroatoms. The van der Waals surface area contributed by atoms with Crippen LogP contribution in [-0.4, -0.2) is 76.6 Å². The van der Waals surface area contributed by atoms with Crippen LogP contribution in [0.5, 0.6) is 23.0 Å². The number of hydrogen-bond donors (Lipinski definition) is 0. The standard InChI is InChI=1S/C38H40N10O2/c1-3-11-33(12-4-1)49-35-19-15-29(16-20-35)37(47-28-40-42-44-47)31-9-7-23-45(25-31)46-24-8-10-32(26-46)38(48-41-27-39-43-48)30-17-21-36(22-18-30)50-34-13-5-2-6-14-34/h1-6,11-22,27-28,31-32,37-38H,7-10,23-26H2/t31-,32-,37?,38?/m0/s1. The van der Waals surface area contributed by atoms with Crippen LogP contribution < -0.4 is 9.47 Å². The zero-order chi connectivity index (χ0) is 33.5. The Hall–Kier alpha value is -5.46. The van der Waals surface area contributed by atoms with Crippen molar-refractivity contribution in [3.05, 3.63) is 133 Å². The van der Waals surface area contributed by atoms with Gasteiger partial charge < -0.3 is 9.47 Å². The summed E-state index contributed by atoms with van der Waals surface area (Å²) in [5.74, 6) is 3.84. The minimum absolute atomic E-state index is 0.00267. The van der Waals surface area contributed by atoms with Gasteiger partial charge in [0.25, 0.3) is 0 Å². The lowest BCUT2D eigenvalue weighted by atomic mass is 9.85. The van der Waals surface area contributed by atoms with Crippen LogP contribution in [0, 0.1) is 11.8 Å². The molecule has 12 nitrogen and oxygen atoms in total. The molecule has 2 unspecified atom stereocenters. The van der Waals surface area contributed by atoms with Gasteiger partial charge in [-0.05, 0) is 107 Å². The monoisotopic (exact) mass is 668 g/mol. The molecule has 6 aromatic rings. The first-order valence-electron chi connectivity index (χ1n) is 17.4. The van der Waals surface area contributed by atoms with Gasteiger partial charge in [0.1, 0.15) is 35.4 Å². The van der Waals surface area contributed by atoms with Crippen LogP contribution in [0.2, 0.25) is 0 Å². The van der Waals surface area contributed by atoms with E-state index in [1.807, 2.05) is 89.6 Å². The lowest BCUT2D eigenvalue weighted by Gasteiger charge is -2.46. The van der Waals surface area contributed by atoms with Gasteiger partial charge in [-0.3, -0.25) is 0 Å². The predicted octanol–water partition coefficient (Wildman–Crippen LogP) is 6.46. The number of ether oxygens (including phenoxy) is 2. The highest BCUT2D eigenvalue weighted by molar-refractivity contribution is 5.35. The number of para-hydroxylation sites is 2. The fourth-order valence-electron chi connectivity index (χ4n) is 7.56. The molecule has 4 aromatic carbocycles. The average molecular weight is 669 g/mol. The maximum Gasteiger partial charge on any atom is 0.162 e. The molecule has 254 valence electrons. The first-order chi connectivity index (χ1) is 24.8. The summed E-state index contributed by atoms with van der Waals surface area (Å²) in [4.78, 5) is 1.78. The van der Waals surface area contributed by atoms with Crippen LogP contribution in [-0.2, 0) is 0 Å². The molecule has 4 atom stereocenters. The van der Waals surface area contributed by atoms with Crippen LogP contribution in [0.3, 0.4) is 0 Å². The van der Waals surface area contributed by atoms with Gasteiger partial charge in [0.15, 0.2) is 6.33 Å². The molecule has 50 heavy (non-hydrogen) atoms. The van der Waals surface area contributed by atoms with Crippen LogP contribution in [0.25, 0.3) is 0 Å². The third-order valence-corrected chi connectivity index (χ3v) is 9.83. The Bertz CT molecular complexity index is 1750. The van der Waals surface area contributed by atoms with Crippen LogP contribution in [0.4, 0.5) is 0 Å². The second-order valence-corrected chi connectivity index (χ2v) is 13.0. The van der Waals surface area contributed by atoms with Crippen LogP contribution in [0.1, 0.15) is 48.9 Å². The van der Waals surface area contributed by atoms with Gasteiger partial charge in [-0.25, -0.2) is 14.7 Å². The van der Waals surface area contributed by atoms with Crippen molar-refractivity contribution in [3.8, 4) is 23.0 Å². The van der Waals surface area contributed by atoms with Gasteiger partial charge in [0.05, 0.1) is 6.04 Å². The number of piperidine rings is 2. The van der Waals surface area contributed by atoms with E-state index in [-0.39, 0.29) is 12.1 Å². The lowest BCUT2D eigenvalue weighted by Crippen LogP contribution is -2.53. The van der Waals surface area contributed by atoms with E-state index in [0.29, 0.717) is 11.8 Å². The van der Waals surface area contributed by atoms with E-state index in [0.717, 1.165) is 86.0 Å². The number of hydrogen-bond acceptors (Lipinski definition) is 10. The van der Waals surface area contributed by atoms with E-state index in [9.17, 15) is 0 Å². The third-order valence-electron chi connectivity index (χ3n) is 9.83. The summed E-state index contributed by atoms with van der Waals surface area (Å²) in [6.45, 7) is 3.86. The highest BCUT2D eigenvalue weighted by Crippen LogP contribution is 2.38. The molecular formula is C38H40N10O2. The first kappa shape index (κ1) is 31.8. The molecule has 4 heterocycles. The molecule has 2 aliphatic rings. The fraction of sp³-hybridized carbons (Fsp3) is 0.316. The van der Waals surface area contributed by atoms with E-state index < -0.39 is 0 Å². The number of tetrazole rings is 2. The topological polar surface area (TPSA) is 112 Å². The van der Waals surface area contributed by atoms with Gasteiger partial charge in [-0.1, -0.05) is 60.7 Å². The van der Waals surface area contributed by atoms with Gasteiger partial charge >= 0.3 is 0 Å². The SMILES string of the molecule is c1ccc(Oc2ccc(C([C@H]3CCCN(N4CCC[C@H](C(c5ccc(Oc6ccccc6)cc5)n5ncnn5)C4)C3)n3cnnn3)cc2)cc1. The molecular weight excluding hydrogens is 628 g/mol. The van der Waals surface area contributed by atoms with E-state index >= 15 is 0 Å². The van der Waals surface area contributed by atoms with Gasteiger partial charge in [0.2, 0.25) is 0 Å². The van der Waals surface area contributed by atoms with E-state index in [1.165, 1.54) is 6.33 Å². The Morgan fingerprint density at radius 2 is 1.08 bits per heavy atom. The summed E-state index contributed by atoms with van der Waals surface area (Å²) in [7, 11) is 0. The van der Waals surface area contributed by atoms with Crippen molar-refractivity contribution in [2.75, 3.05) is 26.2 Å². The zero-order valence-electron chi connectivity index (χ0n) is 27.8. The Morgan fingerprint density at radius 3 is 1.58 bits per heavy atom. The number of rotatable bonds is 11. The van der Waals surface area contributed by atoms with Crippen LogP contribution >= 0.6 is 0 Å². The highest BCUT2D eigenvalue weighted by Gasteiger charge is 2.37. The summed E-state index contributed by atoms with van der Waals surface area (Å²) >= 11 is 0. The molecule has 0 spiro atoms. The molecule has 2 saturated heterocycles. The third kappa shape index (κ3) is 7.26. The smallest absolute Gasteiger partial charge is 0.162 e. The van der Waals surface area contributed by atoms with E-state index in [4.69, 9.17) is 9.47 Å². The van der Waals surface area contributed by atoms with Gasteiger partial charge in [-0.2, -0.15) is 4.80 Å². The fourth-order valence-corrected chi connectivity index (χ4v) is 7.56. The molecule has 0 aliphatic carbocycles. The van der Waals surface area contributed by atoms with Crippen molar-refractivity contribution in [2.45, 2.75) is 37.8 Å². The maximum atomic E-state index is 6.08. The minimum atomic E-state index is -0.0442. The minimum Gasteiger partial charge on any atom is -0.457 e. The molecule has 0 radical (unpaired) electrons. The first-order valence-corrected chi connectivity index (χ1v) is 17.4. The van der Waals surface area contributed by atoms with Gasteiger partial charge in [-0.15, -0.1) is 15.3 Å². The lowest BCUT2D eigenvalue weighted by molar-refractivity contribution is -0.0883. The number of nitrogens with zero attached hydrogens (tertiary/aromatic N) is 10. The van der Waals surface area contributed by atoms with Crippen molar-refractivity contribution in [2.24, 2.45) is 11.8 Å². The number of aromatic nitrogens is 8. The number of hydrazine groups is 1. The Balaban J connectivity index is 0.985. The van der Waals surface area contributed by atoms with Crippen molar-refractivity contribution < 1.29 is 9.47 Å². The molecule has 0 N–H and O–H groups in total. The van der Waals surface area contributed by atoms with E-state index in [2.05, 4.69) is 65.2 Å². The van der Waals surface area contributed by atoms with Crippen molar-refractivity contribution in [1.29, 1.82) is 0 Å². The molecule has 2 fully saturated rings. The summed E-state index contributed by atoms with van der Waals surface area (Å²) in [5, 5.41) is 30.5. The second-order valence-electron chi connectivity index (χ2n) is 13.0. The number of benzene rings is 4. The quantitative estimate of drug-likeness (QED) is 0.152. The van der Waals surface area contributed by atoms with Crippen molar-refractivity contribution in [3.63, 3.8) is 0 Å². The summed E-state index contributed by atoms with van der Waals surface area (Å²) in [6, 6.07) is 36.3. The molecule has 0 saturated carbocycles. The Labute approximate surface area is 291 Å². The highest BCUT2D eigenvalue weighted by atomic mass is 16.5. The van der Waals surface area contributed by atoms with Crippen molar-refractivity contribution in [1.82, 2.24) is 50.4 Å². The summed E-state index contributed by atoms with van der Waals surface area (Å²) in [5.41, 5.74) is 2.31.